The number of rotatable bonds is 7. The summed E-state index contributed by atoms with van der Waals surface area (Å²) >= 11 is 1.49. The topological polar surface area (TPSA) is 80.7 Å². The maximum Gasteiger partial charge on any atom is 0.339 e. The fraction of sp³-hybridized carbons (Fsp3) is 0.0435. The molecule has 6 nitrogen and oxygen atoms in total. The van der Waals surface area contributed by atoms with E-state index in [4.69, 9.17) is 4.18 Å². The molecule has 156 valence electrons. The van der Waals surface area contributed by atoms with E-state index in [9.17, 15) is 8.42 Å². The van der Waals surface area contributed by atoms with Gasteiger partial charge in [0.15, 0.2) is 5.75 Å². The maximum atomic E-state index is 12.5. The number of para-hydroxylation sites is 1. The predicted octanol–water partition coefficient (Wildman–Crippen LogP) is 5.33. The van der Waals surface area contributed by atoms with Crippen LogP contribution in [0.4, 0.5) is 5.13 Å². The van der Waals surface area contributed by atoms with E-state index in [0.29, 0.717) is 10.7 Å². The molecule has 0 aliphatic rings. The van der Waals surface area contributed by atoms with Crippen molar-refractivity contribution in [2.24, 2.45) is 5.10 Å². The molecule has 0 aliphatic carbocycles. The molecule has 31 heavy (non-hydrogen) atoms. The molecule has 0 saturated carbocycles. The summed E-state index contributed by atoms with van der Waals surface area (Å²) in [6.45, 7) is 2.01. The van der Waals surface area contributed by atoms with Crippen LogP contribution < -0.4 is 9.61 Å². The van der Waals surface area contributed by atoms with E-state index in [1.807, 2.05) is 37.3 Å². The van der Waals surface area contributed by atoms with E-state index in [1.165, 1.54) is 29.7 Å². The van der Waals surface area contributed by atoms with Crippen LogP contribution in [-0.2, 0) is 10.1 Å². The second kappa shape index (κ2) is 9.11. The molecule has 8 heteroatoms. The molecule has 3 aromatic carbocycles. The zero-order valence-electron chi connectivity index (χ0n) is 16.6. The molecule has 1 N–H and O–H groups in total. The average Bonchev–Trinajstić information content (AvgIpc) is 3.16. The molecule has 0 spiro atoms. The predicted molar refractivity (Wildman–Crippen MR) is 124 cm³/mol. The lowest BCUT2D eigenvalue weighted by Crippen LogP contribution is -2.10. The molecule has 1 heterocycles. The molecule has 0 bridgehead atoms. The number of nitrogens with one attached hydrogen (secondary N) is 1. The molecule has 0 fully saturated rings. The highest BCUT2D eigenvalue weighted by Crippen LogP contribution is 2.30. The number of aryl methyl sites for hydroxylation is 1. The average molecular weight is 450 g/mol. The Labute approximate surface area is 185 Å². The molecule has 0 saturated heterocycles. The first-order valence-corrected chi connectivity index (χ1v) is 11.7. The van der Waals surface area contributed by atoms with E-state index in [-0.39, 0.29) is 10.6 Å². The van der Waals surface area contributed by atoms with Gasteiger partial charge >= 0.3 is 10.1 Å². The molecule has 0 amide bonds. The molecular formula is C23H19N3O3S2. The lowest BCUT2D eigenvalue weighted by molar-refractivity contribution is 0.485. The van der Waals surface area contributed by atoms with Crippen LogP contribution >= 0.6 is 11.3 Å². The fourth-order valence-corrected chi connectivity index (χ4v) is 4.64. The molecule has 0 unspecified atom stereocenters. The number of thiazole rings is 1. The van der Waals surface area contributed by atoms with Gasteiger partial charge in [0.1, 0.15) is 4.90 Å². The fourth-order valence-electron chi connectivity index (χ4n) is 2.88. The minimum absolute atomic E-state index is 0.0894. The van der Waals surface area contributed by atoms with Crippen molar-refractivity contribution in [3.63, 3.8) is 0 Å². The van der Waals surface area contributed by atoms with Gasteiger partial charge in [-0.05, 0) is 31.2 Å². The van der Waals surface area contributed by atoms with Gasteiger partial charge in [-0.15, -0.1) is 11.3 Å². The zero-order valence-corrected chi connectivity index (χ0v) is 18.2. The summed E-state index contributed by atoms with van der Waals surface area (Å²) < 4.78 is 30.4. The van der Waals surface area contributed by atoms with Gasteiger partial charge in [0.2, 0.25) is 5.13 Å². The lowest BCUT2D eigenvalue weighted by Gasteiger charge is -2.09. The third-order valence-electron chi connectivity index (χ3n) is 4.36. The third-order valence-corrected chi connectivity index (χ3v) is 6.48. The largest absolute Gasteiger partial charge is 0.378 e. The number of hydrogen-bond donors (Lipinski definition) is 1. The Hall–Kier alpha value is -3.49. The van der Waals surface area contributed by atoms with Crippen LogP contribution in [0.2, 0.25) is 0 Å². The number of hydrogen-bond acceptors (Lipinski definition) is 7. The van der Waals surface area contributed by atoms with Crippen LogP contribution in [0.1, 0.15) is 10.4 Å². The van der Waals surface area contributed by atoms with Crippen molar-refractivity contribution in [1.82, 2.24) is 4.98 Å². The first-order chi connectivity index (χ1) is 15.0. The zero-order chi connectivity index (χ0) is 21.7. The number of anilines is 1. The summed E-state index contributed by atoms with van der Waals surface area (Å²) in [4.78, 5) is 5.76. The van der Waals surface area contributed by atoms with E-state index in [2.05, 4.69) is 15.5 Å². The Balaban J connectivity index is 1.51. The van der Waals surface area contributed by atoms with Crippen molar-refractivity contribution in [2.75, 3.05) is 5.43 Å². The summed E-state index contributed by atoms with van der Waals surface area (Å²) in [6.07, 6.45) is 1.51. The summed E-state index contributed by atoms with van der Waals surface area (Å²) in [6, 6.07) is 24.7. The number of hydrazone groups is 1. The molecule has 0 atom stereocenters. The first kappa shape index (κ1) is 20.8. The second-order valence-electron chi connectivity index (χ2n) is 6.55. The van der Waals surface area contributed by atoms with Gasteiger partial charge in [0.05, 0.1) is 11.9 Å². The van der Waals surface area contributed by atoms with E-state index in [1.54, 1.807) is 42.5 Å². The normalized spacial score (nSPS) is 11.5. The van der Waals surface area contributed by atoms with Crippen molar-refractivity contribution in [3.8, 4) is 17.0 Å². The summed E-state index contributed by atoms with van der Waals surface area (Å²) in [5.41, 5.74) is 5.38. The van der Waals surface area contributed by atoms with Gasteiger partial charge < -0.3 is 4.18 Å². The highest BCUT2D eigenvalue weighted by Gasteiger charge is 2.17. The van der Waals surface area contributed by atoms with Crippen molar-refractivity contribution >= 4 is 32.8 Å². The Morgan fingerprint density at radius 2 is 1.58 bits per heavy atom. The Morgan fingerprint density at radius 3 is 2.32 bits per heavy atom. The van der Waals surface area contributed by atoms with Crippen LogP contribution in [0, 0.1) is 6.92 Å². The summed E-state index contributed by atoms with van der Waals surface area (Å²) in [7, 11) is -3.94. The van der Waals surface area contributed by atoms with E-state index >= 15 is 0 Å². The van der Waals surface area contributed by atoms with Gasteiger partial charge in [-0.3, -0.25) is 5.43 Å². The minimum Gasteiger partial charge on any atom is -0.378 e. The van der Waals surface area contributed by atoms with Gasteiger partial charge in [-0.25, -0.2) is 4.98 Å². The van der Waals surface area contributed by atoms with Crippen molar-refractivity contribution in [3.05, 3.63) is 95.4 Å². The quantitative estimate of drug-likeness (QED) is 0.234. The molecule has 4 aromatic rings. The SMILES string of the molecule is Cc1sc(N/N=C\c2ccccc2OS(=O)(=O)c2ccccc2)nc1-c1ccccc1. The minimum atomic E-state index is -3.94. The Kier molecular flexibility index (Phi) is 6.11. The van der Waals surface area contributed by atoms with E-state index in [0.717, 1.165) is 16.1 Å². The van der Waals surface area contributed by atoms with Crippen LogP contribution in [0.25, 0.3) is 11.3 Å². The van der Waals surface area contributed by atoms with Crippen molar-refractivity contribution < 1.29 is 12.6 Å². The first-order valence-electron chi connectivity index (χ1n) is 9.43. The molecule has 0 aliphatic heterocycles. The second-order valence-corrected chi connectivity index (χ2v) is 9.30. The summed E-state index contributed by atoms with van der Waals surface area (Å²) in [5, 5.41) is 4.86. The van der Waals surface area contributed by atoms with Crippen LogP contribution in [0.3, 0.4) is 0 Å². The van der Waals surface area contributed by atoms with Gasteiger partial charge in [-0.2, -0.15) is 13.5 Å². The molecule has 1 aromatic heterocycles. The highest BCUT2D eigenvalue weighted by molar-refractivity contribution is 7.87. The van der Waals surface area contributed by atoms with E-state index < -0.39 is 10.1 Å². The number of aromatic nitrogens is 1. The lowest BCUT2D eigenvalue weighted by atomic mass is 10.1. The molecule has 0 radical (unpaired) electrons. The Morgan fingerprint density at radius 1 is 0.935 bits per heavy atom. The van der Waals surface area contributed by atoms with Crippen LogP contribution in [-0.4, -0.2) is 19.6 Å². The monoisotopic (exact) mass is 449 g/mol. The highest BCUT2D eigenvalue weighted by atomic mass is 32.2. The van der Waals surface area contributed by atoms with Crippen LogP contribution in [0.5, 0.6) is 5.75 Å². The van der Waals surface area contributed by atoms with Gasteiger partial charge in [0, 0.05) is 16.0 Å². The van der Waals surface area contributed by atoms with Crippen LogP contribution in [0.15, 0.2) is 94.9 Å². The van der Waals surface area contributed by atoms with Gasteiger partial charge in [-0.1, -0.05) is 60.7 Å². The standard InChI is InChI=1S/C23H19N3O3S2/c1-17-22(18-10-4-2-5-11-18)25-23(30-17)26-24-16-19-12-8-9-15-21(19)29-31(27,28)20-13-6-3-7-14-20/h2-16H,1H3,(H,25,26)/b24-16-. The smallest absolute Gasteiger partial charge is 0.339 e. The van der Waals surface area contributed by atoms with Gasteiger partial charge in [0.25, 0.3) is 0 Å². The summed E-state index contributed by atoms with van der Waals surface area (Å²) in [5.74, 6) is 0.192. The van der Waals surface area contributed by atoms with Crippen molar-refractivity contribution in [2.45, 2.75) is 11.8 Å². The molecule has 4 rings (SSSR count). The molecular weight excluding hydrogens is 430 g/mol. The number of nitrogens with zero attached hydrogens (tertiary/aromatic N) is 2. The number of benzene rings is 3. The third kappa shape index (κ3) is 4.99. The maximum absolute atomic E-state index is 12.5. The Bertz CT molecular complexity index is 1300. The van der Waals surface area contributed by atoms with Crippen molar-refractivity contribution in [1.29, 1.82) is 0 Å².